The summed E-state index contributed by atoms with van der Waals surface area (Å²) in [5.74, 6) is -0.808. The standard InChI is InChI=1S/C11H11ClN2O2/c1-14-8-4-2-3-7(5-6-9(15)16)10(8)11(12)13-14/h2-4H,5-6H2,1H3,(H,15,16). The molecule has 0 saturated carbocycles. The van der Waals surface area contributed by atoms with Crippen LogP contribution in [0.2, 0.25) is 5.15 Å². The number of carbonyl (C=O) groups is 1. The zero-order valence-electron chi connectivity index (χ0n) is 8.77. The minimum atomic E-state index is -0.808. The van der Waals surface area contributed by atoms with Crippen molar-refractivity contribution in [3.63, 3.8) is 0 Å². The highest BCUT2D eigenvalue weighted by Gasteiger charge is 2.11. The maximum absolute atomic E-state index is 10.5. The fraction of sp³-hybridized carbons (Fsp3) is 0.273. The van der Waals surface area contributed by atoms with Crippen LogP contribution in [0.5, 0.6) is 0 Å². The number of hydrogen-bond donors (Lipinski definition) is 1. The van der Waals surface area contributed by atoms with Gasteiger partial charge in [0.1, 0.15) is 0 Å². The second-order valence-electron chi connectivity index (χ2n) is 3.62. The first-order valence-corrected chi connectivity index (χ1v) is 5.29. The third-order valence-electron chi connectivity index (χ3n) is 2.53. The number of hydrogen-bond acceptors (Lipinski definition) is 2. The van der Waals surface area contributed by atoms with Gasteiger partial charge in [-0.3, -0.25) is 9.48 Å². The Morgan fingerprint density at radius 2 is 2.31 bits per heavy atom. The largest absolute Gasteiger partial charge is 0.481 e. The van der Waals surface area contributed by atoms with Gasteiger partial charge in [0.15, 0.2) is 5.15 Å². The zero-order valence-corrected chi connectivity index (χ0v) is 9.53. The summed E-state index contributed by atoms with van der Waals surface area (Å²) in [7, 11) is 1.81. The molecule has 1 N–H and O–H groups in total. The van der Waals surface area contributed by atoms with Crippen molar-refractivity contribution in [2.45, 2.75) is 12.8 Å². The third-order valence-corrected chi connectivity index (χ3v) is 2.79. The molecule has 0 unspecified atom stereocenters. The van der Waals surface area contributed by atoms with Gasteiger partial charge in [0.25, 0.3) is 0 Å². The maximum Gasteiger partial charge on any atom is 0.303 e. The van der Waals surface area contributed by atoms with Gasteiger partial charge in [0, 0.05) is 18.9 Å². The van der Waals surface area contributed by atoms with E-state index in [9.17, 15) is 4.79 Å². The molecule has 0 radical (unpaired) electrons. The number of halogens is 1. The Balaban J connectivity index is 2.48. The highest BCUT2D eigenvalue weighted by molar-refractivity contribution is 6.34. The lowest BCUT2D eigenvalue weighted by atomic mass is 10.1. The van der Waals surface area contributed by atoms with E-state index in [1.165, 1.54) is 0 Å². The number of aromatic nitrogens is 2. The van der Waals surface area contributed by atoms with E-state index in [2.05, 4.69) is 5.10 Å². The molecular weight excluding hydrogens is 228 g/mol. The normalized spacial score (nSPS) is 10.9. The van der Waals surface area contributed by atoms with E-state index in [0.717, 1.165) is 16.5 Å². The lowest BCUT2D eigenvalue weighted by Crippen LogP contribution is -1.97. The minimum Gasteiger partial charge on any atom is -0.481 e. The molecule has 0 atom stereocenters. The third kappa shape index (κ3) is 1.88. The van der Waals surface area contributed by atoms with Crippen molar-refractivity contribution < 1.29 is 9.90 Å². The summed E-state index contributed by atoms with van der Waals surface area (Å²) in [6, 6.07) is 5.69. The number of rotatable bonds is 3. The van der Waals surface area contributed by atoms with Crippen LogP contribution in [0, 0.1) is 0 Å². The Kier molecular flexibility index (Phi) is 2.83. The lowest BCUT2D eigenvalue weighted by Gasteiger charge is -2.01. The van der Waals surface area contributed by atoms with E-state index in [-0.39, 0.29) is 6.42 Å². The Labute approximate surface area is 97.4 Å². The molecule has 16 heavy (non-hydrogen) atoms. The van der Waals surface area contributed by atoms with Gasteiger partial charge in [-0.2, -0.15) is 5.10 Å². The molecule has 1 heterocycles. The van der Waals surface area contributed by atoms with Gasteiger partial charge in [-0.25, -0.2) is 0 Å². The molecule has 0 fully saturated rings. The summed E-state index contributed by atoms with van der Waals surface area (Å²) in [5.41, 5.74) is 1.85. The number of benzene rings is 1. The van der Waals surface area contributed by atoms with Crippen LogP contribution < -0.4 is 0 Å². The first kappa shape index (κ1) is 11.0. The highest BCUT2D eigenvalue weighted by Crippen LogP contribution is 2.26. The van der Waals surface area contributed by atoms with Crippen molar-refractivity contribution in [2.75, 3.05) is 0 Å². The highest BCUT2D eigenvalue weighted by atomic mass is 35.5. The molecule has 0 amide bonds. The van der Waals surface area contributed by atoms with Crippen LogP contribution in [0.25, 0.3) is 10.9 Å². The van der Waals surface area contributed by atoms with Gasteiger partial charge >= 0.3 is 5.97 Å². The molecule has 1 aromatic carbocycles. The summed E-state index contributed by atoms with van der Waals surface area (Å²) >= 11 is 6.02. The topological polar surface area (TPSA) is 55.1 Å². The van der Waals surface area contributed by atoms with E-state index in [4.69, 9.17) is 16.7 Å². The first-order valence-electron chi connectivity index (χ1n) is 4.91. The maximum atomic E-state index is 10.5. The quantitative estimate of drug-likeness (QED) is 0.892. The molecule has 4 nitrogen and oxygen atoms in total. The van der Waals surface area contributed by atoms with Gasteiger partial charge in [0.05, 0.1) is 5.52 Å². The molecule has 0 bridgehead atoms. The van der Waals surface area contributed by atoms with Crippen LogP contribution in [0.15, 0.2) is 18.2 Å². The van der Waals surface area contributed by atoms with Crippen LogP contribution in [0.1, 0.15) is 12.0 Å². The average Bonchev–Trinajstić information content (AvgIpc) is 2.52. The van der Waals surface area contributed by atoms with E-state index in [0.29, 0.717) is 11.6 Å². The predicted octanol–water partition coefficient (Wildman–Crippen LogP) is 2.24. The van der Waals surface area contributed by atoms with Crippen LogP contribution in [-0.2, 0) is 18.3 Å². The molecule has 1 aromatic heterocycles. The van der Waals surface area contributed by atoms with Gasteiger partial charge in [0.2, 0.25) is 0 Å². The van der Waals surface area contributed by atoms with E-state index >= 15 is 0 Å². The number of aryl methyl sites for hydroxylation is 2. The molecule has 84 valence electrons. The van der Waals surface area contributed by atoms with Crippen LogP contribution >= 0.6 is 11.6 Å². The number of fused-ring (bicyclic) bond motifs is 1. The fourth-order valence-electron chi connectivity index (χ4n) is 1.78. The predicted molar refractivity (Wildman–Crippen MR) is 61.7 cm³/mol. The van der Waals surface area contributed by atoms with E-state index in [1.54, 1.807) is 4.68 Å². The molecule has 0 aliphatic rings. The Morgan fingerprint density at radius 1 is 1.56 bits per heavy atom. The fourth-order valence-corrected chi connectivity index (χ4v) is 2.11. The van der Waals surface area contributed by atoms with Crippen molar-refractivity contribution in [3.05, 3.63) is 28.9 Å². The monoisotopic (exact) mass is 238 g/mol. The molecule has 0 aliphatic carbocycles. The molecule has 0 spiro atoms. The second-order valence-corrected chi connectivity index (χ2v) is 3.98. The first-order chi connectivity index (χ1) is 7.59. The smallest absolute Gasteiger partial charge is 0.303 e. The minimum absolute atomic E-state index is 0.102. The molecule has 0 saturated heterocycles. The van der Waals surface area contributed by atoms with Crippen molar-refractivity contribution in [1.29, 1.82) is 0 Å². The van der Waals surface area contributed by atoms with Gasteiger partial charge in [-0.1, -0.05) is 23.7 Å². The van der Waals surface area contributed by atoms with E-state index < -0.39 is 5.97 Å². The average molecular weight is 239 g/mol. The summed E-state index contributed by atoms with van der Waals surface area (Å²) in [6.45, 7) is 0. The Hall–Kier alpha value is -1.55. The Morgan fingerprint density at radius 3 is 3.00 bits per heavy atom. The van der Waals surface area contributed by atoms with Crippen LogP contribution in [-0.4, -0.2) is 20.9 Å². The number of aliphatic carboxylic acids is 1. The van der Waals surface area contributed by atoms with Gasteiger partial charge in [-0.05, 0) is 18.1 Å². The second kappa shape index (κ2) is 4.14. The summed E-state index contributed by atoms with van der Waals surface area (Å²) in [5, 5.41) is 14.1. The number of carboxylic acid groups (broad SMARTS) is 1. The van der Waals surface area contributed by atoms with Gasteiger partial charge in [-0.15, -0.1) is 0 Å². The van der Waals surface area contributed by atoms with Crippen molar-refractivity contribution in [3.8, 4) is 0 Å². The summed E-state index contributed by atoms with van der Waals surface area (Å²) in [4.78, 5) is 10.5. The Bertz CT molecular complexity index is 548. The van der Waals surface area contributed by atoms with Crippen molar-refractivity contribution >= 4 is 28.5 Å². The lowest BCUT2D eigenvalue weighted by molar-refractivity contribution is -0.136. The molecule has 2 aromatic rings. The summed E-state index contributed by atoms with van der Waals surface area (Å²) < 4.78 is 1.70. The molecule has 5 heteroatoms. The van der Waals surface area contributed by atoms with E-state index in [1.807, 2.05) is 25.2 Å². The van der Waals surface area contributed by atoms with Crippen LogP contribution in [0.3, 0.4) is 0 Å². The van der Waals surface area contributed by atoms with Gasteiger partial charge < -0.3 is 5.11 Å². The SMILES string of the molecule is Cn1nc(Cl)c2c(CCC(=O)O)cccc21. The number of nitrogens with zero attached hydrogens (tertiary/aromatic N) is 2. The molecule has 0 aliphatic heterocycles. The zero-order chi connectivity index (χ0) is 11.7. The molecule has 2 rings (SSSR count). The number of carboxylic acids is 1. The molecular formula is C11H11ClN2O2. The van der Waals surface area contributed by atoms with Crippen LogP contribution in [0.4, 0.5) is 0 Å². The van der Waals surface area contributed by atoms with Crippen molar-refractivity contribution in [2.24, 2.45) is 7.05 Å². The summed E-state index contributed by atoms with van der Waals surface area (Å²) in [6.07, 6.45) is 0.572. The van der Waals surface area contributed by atoms with Crippen molar-refractivity contribution in [1.82, 2.24) is 9.78 Å².